The van der Waals surface area contributed by atoms with Gasteiger partial charge < -0.3 is 9.64 Å². The number of methoxy groups -OCH3 is 1. The summed E-state index contributed by atoms with van der Waals surface area (Å²) < 4.78 is 18.7. The third-order valence-electron chi connectivity index (χ3n) is 4.62. The molecule has 1 heterocycles. The van der Waals surface area contributed by atoms with E-state index in [0.29, 0.717) is 31.1 Å². The fraction of sp³-hybridized carbons (Fsp3) is 0.350. The Morgan fingerprint density at radius 2 is 1.73 bits per heavy atom. The first kappa shape index (κ1) is 18.7. The summed E-state index contributed by atoms with van der Waals surface area (Å²) in [4.78, 5) is 16.6. The normalized spacial score (nSPS) is 15.1. The van der Waals surface area contributed by atoms with Gasteiger partial charge in [-0.25, -0.2) is 4.39 Å². The summed E-state index contributed by atoms with van der Waals surface area (Å²) >= 11 is 5.87. The van der Waals surface area contributed by atoms with Gasteiger partial charge in [-0.1, -0.05) is 29.8 Å². The molecule has 1 amide bonds. The molecule has 0 bridgehead atoms. The van der Waals surface area contributed by atoms with Crippen LogP contribution in [0.1, 0.15) is 11.1 Å². The number of piperazine rings is 1. The summed E-state index contributed by atoms with van der Waals surface area (Å²) in [5.74, 6) is 0.0376. The van der Waals surface area contributed by atoms with Crippen molar-refractivity contribution in [1.29, 1.82) is 0 Å². The summed E-state index contributed by atoms with van der Waals surface area (Å²) in [6.45, 7) is 3.59. The SMILES string of the molecule is COc1ccc(CN2CCN(C(=O)Cc3ccc(Cl)cc3)CC2)cc1F. The first-order chi connectivity index (χ1) is 12.5. The molecule has 26 heavy (non-hydrogen) atoms. The van der Waals surface area contributed by atoms with Gasteiger partial charge in [0.15, 0.2) is 11.6 Å². The van der Waals surface area contributed by atoms with Gasteiger partial charge in [0.25, 0.3) is 0 Å². The molecule has 0 radical (unpaired) electrons. The minimum Gasteiger partial charge on any atom is -0.494 e. The maximum Gasteiger partial charge on any atom is 0.227 e. The molecule has 138 valence electrons. The lowest BCUT2D eigenvalue weighted by Crippen LogP contribution is -2.48. The number of nitrogens with zero attached hydrogens (tertiary/aromatic N) is 2. The van der Waals surface area contributed by atoms with Crippen molar-refractivity contribution in [3.8, 4) is 5.75 Å². The summed E-state index contributed by atoms with van der Waals surface area (Å²) in [5.41, 5.74) is 1.87. The summed E-state index contributed by atoms with van der Waals surface area (Å²) in [7, 11) is 1.46. The molecule has 4 nitrogen and oxygen atoms in total. The number of hydrogen-bond donors (Lipinski definition) is 0. The molecule has 0 N–H and O–H groups in total. The van der Waals surface area contributed by atoms with E-state index in [1.165, 1.54) is 13.2 Å². The molecule has 2 aromatic rings. The number of amides is 1. The maximum atomic E-state index is 13.8. The van der Waals surface area contributed by atoms with E-state index in [0.717, 1.165) is 24.2 Å². The highest BCUT2D eigenvalue weighted by molar-refractivity contribution is 6.30. The third kappa shape index (κ3) is 4.74. The van der Waals surface area contributed by atoms with Gasteiger partial charge in [-0.05, 0) is 35.4 Å². The number of halogens is 2. The van der Waals surface area contributed by atoms with E-state index >= 15 is 0 Å². The van der Waals surface area contributed by atoms with E-state index in [4.69, 9.17) is 16.3 Å². The van der Waals surface area contributed by atoms with Crippen LogP contribution in [0, 0.1) is 5.82 Å². The van der Waals surface area contributed by atoms with Gasteiger partial charge in [0.2, 0.25) is 5.91 Å². The quantitative estimate of drug-likeness (QED) is 0.802. The molecular weight excluding hydrogens is 355 g/mol. The van der Waals surface area contributed by atoms with Crippen LogP contribution in [0.4, 0.5) is 4.39 Å². The van der Waals surface area contributed by atoms with Crippen LogP contribution < -0.4 is 4.74 Å². The number of carbonyl (C=O) groups excluding carboxylic acids is 1. The highest BCUT2D eigenvalue weighted by Crippen LogP contribution is 2.19. The van der Waals surface area contributed by atoms with Crippen LogP contribution >= 0.6 is 11.6 Å². The predicted octanol–water partition coefficient (Wildman–Crippen LogP) is 3.37. The van der Waals surface area contributed by atoms with E-state index in [2.05, 4.69) is 4.90 Å². The van der Waals surface area contributed by atoms with Crippen LogP contribution in [-0.2, 0) is 17.8 Å². The second-order valence-electron chi connectivity index (χ2n) is 6.43. The zero-order chi connectivity index (χ0) is 18.5. The van der Waals surface area contributed by atoms with Crippen molar-refractivity contribution < 1.29 is 13.9 Å². The first-order valence-corrected chi connectivity index (χ1v) is 9.00. The van der Waals surface area contributed by atoms with E-state index in [1.54, 1.807) is 18.2 Å². The molecule has 0 aromatic heterocycles. The second-order valence-corrected chi connectivity index (χ2v) is 6.87. The minimum absolute atomic E-state index is 0.127. The Labute approximate surface area is 158 Å². The maximum absolute atomic E-state index is 13.8. The molecule has 6 heteroatoms. The van der Waals surface area contributed by atoms with Crippen molar-refractivity contribution in [2.24, 2.45) is 0 Å². The van der Waals surface area contributed by atoms with Gasteiger partial charge in [-0.15, -0.1) is 0 Å². The molecular formula is C20H22ClFN2O2. The van der Waals surface area contributed by atoms with Crippen LogP contribution in [0.5, 0.6) is 5.75 Å². The standard InChI is InChI=1S/C20H22ClFN2O2/c1-26-19-7-4-16(12-18(19)22)14-23-8-10-24(11-9-23)20(25)13-15-2-5-17(21)6-3-15/h2-7,12H,8-11,13-14H2,1H3. The van der Waals surface area contributed by atoms with Gasteiger partial charge in [0, 0.05) is 37.7 Å². The van der Waals surface area contributed by atoms with Gasteiger partial charge in [0.1, 0.15) is 0 Å². The van der Waals surface area contributed by atoms with Crippen molar-refractivity contribution in [1.82, 2.24) is 9.80 Å². The smallest absolute Gasteiger partial charge is 0.227 e. The Balaban J connectivity index is 1.50. The average Bonchev–Trinajstić information content (AvgIpc) is 2.64. The van der Waals surface area contributed by atoms with E-state index < -0.39 is 0 Å². The highest BCUT2D eigenvalue weighted by atomic mass is 35.5. The largest absolute Gasteiger partial charge is 0.494 e. The van der Waals surface area contributed by atoms with E-state index in [-0.39, 0.29) is 17.5 Å². The van der Waals surface area contributed by atoms with Crippen LogP contribution in [-0.4, -0.2) is 49.0 Å². The molecule has 2 aromatic carbocycles. The summed E-state index contributed by atoms with van der Waals surface area (Å²) in [5, 5.41) is 0.671. The summed E-state index contributed by atoms with van der Waals surface area (Å²) in [6.07, 6.45) is 0.390. The molecule has 0 saturated carbocycles. The van der Waals surface area contributed by atoms with Crippen molar-refractivity contribution in [2.75, 3.05) is 33.3 Å². The average molecular weight is 377 g/mol. The Kier molecular flexibility index (Phi) is 6.12. The minimum atomic E-state index is -0.346. The summed E-state index contributed by atoms with van der Waals surface area (Å²) in [6, 6.07) is 12.4. The highest BCUT2D eigenvalue weighted by Gasteiger charge is 2.21. The van der Waals surface area contributed by atoms with Crippen molar-refractivity contribution in [2.45, 2.75) is 13.0 Å². The van der Waals surface area contributed by atoms with Gasteiger partial charge in [-0.3, -0.25) is 9.69 Å². The predicted molar refractivity (Wildman–Crippen MR) is 100.0 cm³/mol. The first-order valence-electron chi connectivity index (χ1n) is 8.62. The topological polar surface area (TPSA) is 32.8 Å². The molecule has 0 atom stereocenters. The molecule has 0 spiro atoms. The zero-order valence-corrected chi connectivity index (χ0v) is 15.5. The zero-order valence-electron chi connectivity index (χ0n) is 14.8. The van der Waals surface area contributed by atoms with E-state index in [9.17, 15) is 9.18 Å². The lowest BCUT2D eigenvalue weighted by atomic mass is 10.1. The fourth-order valence-corrected chi connectivity index (χ4v) is 3.24. The Hall–Kier alpha value is -2.11. The van der Waals surface area contributed by atoms with E-state index in [1.807, 2.05) is 23.1 Å². The number of ether oxygens (including phenoxy) is 1. The lowest BCUT2D eigenvalue weighted by molar-refractivity contribution is -0.132. The van der Waals surface area contributed by atoms with Gasteiger partial charge in [0.05, 0.1) is 13.5 Å². The van der Waals surface area contributed by atoms with Gasteiger partial charge >= 0.3 is 0 Å². The van der Waals surface area contributed by atoms with Crippen molar-refractivity contribution in [3.63, 3.8) is 0 Å². The van der Waals surface area contributed by atoms with Crippen LogP contribution in [0.2, 0.25) is 5.02 Å². The van der Waals surface area contributed by atoms with Crippen LogP contribution in [0.3, 0.4) is 0 Å². The molecule has 1 aliphatic heterocycles. The number of hydrogen-bond acceptors (Lipinski definition) is 3. The molecule has 1 fully saturated rings. The number of rotatable bonds is 5. The Morgan fingerprint density at radius 1 is 1.08 bits per heavy atom. The molecule has 0 unspecified atom stereocenters. The van der Waals surface area contributed by atoms with Crippen molar-refractivity contribution in [3.05, 3.63) is 64.4 Å². The Morgan fingerprint density at radius 3 is 2.35 bits per heavy atom. The van der Waals surface area contributed by atoms with Gasteiger partial charge in [-0.2, -0.15) is 0 Å². The molecule has 0 aliphatic carbocycles. The van der Waals surface area contributed by atoms with Crippen LogP contribution in [0.15, 0.2) is 42.5 Å². The molecule has 3 rings (SSSR count). The monoisotopic (exact) mass is 376 g/mol. The Bertz CT molecular complexity index is 759. The molecule has 1 aliphatic rings. The second kappa shape index (κ2) is 8.52. The fourth-order valence-electron chi connectivity index (χ4n) is 3.11. The third-order valence-corrected chi connectivity index (χ3v) is 4.87. The lowest BCUT2D eigenvalue weighted by Gasteiger charge is -2.35. The van der Waals surface area contributed by atoms with Crippen molar-refractivity contribution >= 4 is 17.5 Å². The number of carbonyl (C=O) groups is 1. The molecule has 1 saturated heterocycles. The number of benzene rings is 2. The van der Waals surface area contributed by atoms with Crippen LogP contribution in [0.25, 0.3) is 0 Å².